The maximum absolute atomic E-state index is 12.5. The van der Waals surface area contributed by atoms with Gasteiger partial charge in [0.1, 0.15) is 7.14 Å². The van der Waals surface area contributed by atoms with E-state index in [0.717, 1.165) is 10.8 Å². The van der Waals surface area contributed by atoms with E-state index in [9.17, 15) is 4.57 Å². The van der Waals surface area contributed by atoms with Crippen LogP contribution in [0.3, 0.4) is 0 Å². The highest BCUT2D eigenvalue weighted by Crippen LogP contribution is 2.38. The molecule has 0 atom stereocenters. The van der Waals surface area contributed by atoms with Crippen LogP contribution in [0.15, 0.2) is 18.2 Å². The van der Waals surface area contributed by atoms with Gasteiger partial charge in [-0.15, -0.1) is 0 Å². The number of hydrogen-bond acceptors (Lipinski definition) is 3. The van der Waals surface area contributed by atoms with Gasteiger partial charge in [0, 0.05) is 5.30 Å². The third kappa shape index (κ3) is 3.51. The van der Waals surface area contributed by atoms with Crippen molar-refractivity contribution in [3.63, 3.8) is 0 Å². The maximum Gasteiger partial charge on any atom is 0.494 e. The summed E-state index contributed by atoms with van der Waals surface area (Å²) in [4.78, 5) is 0. The Bertz CT molecular complexity index is 604. The van der Waals surface area contributed by atoms with Crippen LogP contribution in [0.25, 0.3) is 0 Å². The molecule has 0 aromatic heterocycles. The summed E-state index contributed by atoms with van der Waals surface area (Å²) in [6.07, 6.45) is 0. The molecule has 0 N–H and O–H groups in total. The summed E-state index contributed by atoms with van der Waals surface area (Å²) in [7, 11) is -2.98. The van der Waals surface area contributed by atoms with Crippen molar-refractivity contribution in [2.75, 3.05) is 26.7 Å². The summed E-state index contributed by atoms with van der Waals surface area (Å²) < 4.78 is 24.8. The highest BCUT2D eigenvalue weighted by Gasteiger charge is 2.51. The molecular formula is C16H27BO3P2. The van der Waals surface area contributed by atoms with Crippen LogP contribution in [0.2, 0.25) is 0 Å². The van der Waals surface area contributed by atoms with Gasteiger partial charge in [-0.2, -0.15) is 0 Å². The molecule has 122 valence electrons. The lowest BCUT2D eigenvalue weighted by molar-refractivity contribution is 0.00578. The largest absolute Gasteiger partial charge is 0.494 e. The number of benzene rings is 1. The second kappa shape index (κ2) is 5.74. The van der Waals surface area contributed by atoms with Crippen LogP contribution in [0.1, 0.15) is 27.7 Å². The zero-order valence-corrected chi connectivity index (χ0v) is 16.7. The molecular weight excluding hydrogens is 313 g/mol. The molecule has 1 aromatic rings. The second-order valence-corrected chi connectivity index (χ2v) is 13.1. The van der Waals surface area contributed by atoms with Gasteiger partial charge in [0.2, 0.25) is 0 Å². The summed E-state index contributed by atoms with van der Waals surface area (Å²) in [5, 5.41) is 2.15. The van der Waals surface area contributed by atoms with Crippen LogP contribution < -0.4 is 16.1 Å². The van der Waals surface area contributed by atoms with Gasteiger partial charge in [0.25, 0.3) is 0 Å². The molecule has 0 amide bonds. The fourth-order valence-electron chi connectivity index (χ4n) is 2.30. The first-order valence-corrected chi connectivity index (χ1v) is 12.4. The minimum Gasteiger partial charge on any atom is -0.399 e. The van der Waals surface area contributed by atoms with E-state index < -0.39 is 14.3 Å². The zero-order valence-electron chi connectivity index (χ0n) is 14.9. The molecule has 1 fully saturated rings. The quantitative estimate of drug-likeness (QED) is 0.627. The fourth-order valence-corrected chi connectivity index (χ4v) is 4.12. The van der Waals surface area contributed by atoms with Gasteiger partial charge in [-0.25, -0.2) is 0 Å². The first kappa shape index (κ1) is 18.2. The van der Waals surface area contributed by atoms with Crippen LogP contribution in [-0.4, -0.2) is 45.0 Å². The Balaban J connectivity index is 2.48. The fraction of sp³-hybridized carbons (Fsp3) is 0.625. The van der Waals surface area contributed by atoms with Crippen LogP contribution in [0.5, 0.6) is 0 Å². The smallest absolute Gasteiger partial charge is 0.399 e. The van der Waals surface area contributed by atoms with Gasteiger partial charge in [-0.1, -0.05) is 20.1 Å². The lowest BCUT2D eigenvalue weighted by Crippen LogP contribution is -2.41. The third-order valence-corrected chi connectivity index (χ3v) is 7.38. The van der Waals surface area contributed by atoms with E-state index in [1.807, 2.05) is 19.4 Å². The predicted molar refractivity (Wildman–Crippen MR) is 99.6 cm³/mol. The highest BCUT2D eigenvalue weighted by molar-refractivity contribution is 7.70. The molecule has 3 nitrogen and oxygen atoms in total. The standard InChI is InChI=1S/C16H27BO3P2/c1-15(2)16(3,4)20-17(19-15)12-9-13(21(5)6)11-14(10-12)22(7,8)18/h9-11H,1-8H3. The van der Waals surface area contributed by atoms with Crippen molar-refractivity contribution >= 4 is 38.3 Å². The summed E-state index contributed by atoms with van der Waals surface area (Å²) in [5.74, 6) is 0. The molecule has 1 aromatic carbocycles. The summed E-state index contributed by atoms with van der Waals surface area (Å²) in [6.45, 7) is 16.2. The van der Waals surface area contributed by atoms with E-state index in [2.05, 4.69) is 53.2 Å². The molecule has 1 heterocycles. The highest BCUT2D eigenvalue weighted by atomic mass is 31.2. The molecule has 1 aliphatic heterocycles. The van der Waals surface area contributed by atoms with E-state index in [1.165, 1.54) is 5.30 Å². The lowest BCUT2D eigenvalue weighted by atomic mass is 9.79. The zero-order chi connectivity index (χ0) is 16.9. The first-order chi connectivity index (χ1) is 9.83. The Morgan fingerprint density at radius 3 is 1.91 bits per heavy atom. The van der Waals surface area contributed by atoms with Gasteiger partial charge in [-0.05, 0) is 71.2 Å². The molecule has 22 heavy (non-hydrogen) atoms. The Labute approximate surface area is 136 Å². The summed E-state index contributed by atoms with van der Waals surface area (Å²) in [6, 6.07) is 6.22. The lowest BCUT2D eigenvalue weighted by Gasteiger charge is -2.32. The van der Waals surface area contributed by atoms with Gasteiger partial charge < -0.3 is 13.9 Å². The molecule has 0 spiro atoms. The van der Waals surface area contributed by atoms with Crippen molar-refractivity contribution in [2.24, 2.45) is 0 Å². The summed E-state index contributed by atoms with van der Waals surface area (Å²) in [5.41, 5.74) is 0.254. The van der Waals surface area contributed by atoms with Gasteiger partial charge in [-0.3, -0.25) is 0 Å². The third-order valence-electron chi connectivity index (χ3n) is 4.59. The molecule has 0 radical (unpaired) electrons. The van der Waals surface area contributed by atoms with Crippen molar-refractivity contribution in [1.82, 2.24) is 0 Å². The molecule has 0 saturated carbocycles. The Morgan fingerprint density at radius 2 is 1.50 bits per heavy atom. The van der Waals surface area contributed by atoms with E-state index in [-0.39, 0.29) is 19.1 Å². The van der Waals surface area contributed by atoms with Crippen molar-refractivity contribution in [1.29, 1.82) is 0 Å². The van der Waals surface area contributed by atoms with Crippen LogP contribution in [-0.2, 0) is 13.9 Å². The van der Waals surface area contributed by atoms with Crippen molar-refractivity contribution < 1.29 is 13.9 Å². The molecule has 2 rings (SSSR count). The van der Waals surface area contributed by atoms with Gasteiger partial charge in [0.05, 0.1) is 11.2 Å². The average Bonchev–Trinajstić information content (AvgIpc) is 2.57. The molecule has 0 aliphatic carbocycles. The van der Waals surface area contributed by atoms with E-state index in [1.54, 1.807) is 0 Å². The second-order valence-electron chi connectivity index (χ2n) is 7.62. The minimum absolute atomic E-state index is 0.269. The molecule has 0 bridgehead atoms. The predicted octanol–water partition coefficient (Wildman–Crippen LogP) is 2.60. The van der Waals surface area contributed by atoms with Crippen molar-refractivity contribution in [3.05, 3.63) is 18.2 Å². The van der Waals surface area contributed by atoms with Crippen molar-refractivity contribution in [3.8, 4) is 0 Å². The minimum atomic E-state index is -2.32. The topological polar surface area (TPSA) is 35.5 Å². The van der Waals surface area contributed by atoms with Crippen LogP contribution in [0.4, 0.5) is 0 Å². The molecule has 1 aliphatic rings. The van der Waals surface area contributed by atoms with E-state index >= 15 is 0 Å². The first-order valence-electron chi connectivity index (χ1n) is 7.57. The van der Waals surface area contributed by atoms with Crippen LogP contribution in [0, 0.1) is 0 Å². The van der Waals surface area contributed by atoms with Crippen molar-refractivity contribution in [2.45, 2.75) is 38.9 Å². The Kier molecular flexibility index (Phi) is 4.75. The summed E-state index contributed by atoms with van der Waals surface area (Å²) >= 11 is 0. The Hall–Kier alpha value is -0.135. The SMILES string of the molecule is CP(C)c1cc(B2OC(C)(C)C(C)(C)O2)cc(P(C)(C)=O)c1. The maximum atomic E-state index is 12.5. The molecule has 6 heteroatoms. The monoisotopic (exact) mass is 340 g/mol. The number of hydrogen-bond donors (Lipinski definition) is 0. The normalized spacial score (nSPS) is 20.7. The van der Waals surface area contributed by atoms with E-state index in [4.69, 9.17) is 9.31 Å². The molecule has 1 saturated heterocycles. The average molecular weight is 340 g/mol. The van der Waals surface area contributed by atoms with Gasteiger partial charge in [0.15, 0.2) is 0 Å². The van der Waals surface area contributed by atoms with Crippen LogP contribution >= 0.6 is 15.1 Å². The van der Waals surface area contributed by atoms with E-state index in [0.29, 0.717) is 0 Å². The Morgan fingerprint density at radius 1 is 1.00 bits per heavy atom. The van der Waals surface area contributed by atoms with Gasteiger partial charge >= 0.3 is 7.12 Å². The number of rotatable bonds is 3. The molecule has 0 unspecified atom stereocenters.